The summed E-state index contributed by atoms with van der Waals surface area (Å²) in [6.45, 7) is 8.66. The monoisotopic (exact) mass is 987 g/mol. The number of hydrogen-bond acceptors (Lipinski definition) is 7. The molecule has 3 amide bonds. The third-order valence-electron chi connectivity index (χ3n) is 12.8. The molecule has 0 fully saturated rings. The predicted octanol–water partition coefficient (Wildman–Crippen LogP) is 17.1. The molecule has 3 N–H and O–H groups in total. The van der Waals surface area contributed by atoms with Crippen molar-refractivity contribution in [2.45, 2.75) is 136 Å². The third-order valence-corrected chi connectivity index (χ3v) is 12.8. The van der Waals surface area contributed by atoms with Gasteiger partial charge in [0, 0.05) is 50.8 Å². The lowest BCUT2D eigenvalue weighted by Crippen LogP contribution is -2.14. The summed E-state index contributed by atoms with van der Waals surface area (Å²) in [5.74, 6) is 1.60. The maximum absolute atomic E-state index is 13.3. The minimum Gasteiger partial charge on any atom is -0.494 e. The van der Waals surface area contributed by atoms with Crippen LogP contribution >= 0.6 is 0 Å². The average Bonchev–Trinajstić information content (AvgIpc) is 3.42. The lowest BCUT2D eigenvalue weighted by atomic mass is 10.1. The zero-order valence-corrected chi connectivity index (χ0v) is 43.6. The second-order valence-corrected chi connectivity index (χ2v) is 18.8. The molecule has 0 aromatic heterocycles. The first-order valence-corrected chi connectivity index (χ1v) is 27.1. The summed E-state index contributed by atoms with van der Waals surface area (Å²) in [5.41, 5.74) is 6.02. The van der Waals surface area contributed by atoms with Gasteiger partial charge in [-0.05, 0) is 165 Å². The van der Waals surface area contributed by atoms with E-state index in [2.05, 4.69) is 41.6 Å². The minimum absolute atomic E-state index is 0.220. The Bertz CT molecular complexity index is 2230. The van der Waals surface area contributed by atoms with E-state index in [4.69, 9.17) is 14.2 Å². The molecule has 0 atom stereocenters. The Morgan fingerprint density at radius 3 is 0.795 bits per heavy atom. The van der Waals surface area contributed by atoms with Crippen LogP contribution in [0, 0.1) is 0 Å². The van der Waals surface area contributed by atoms with E-state index < -0.39 is 0 Å². The first-order chi connectivity index (χ1) is 35.8. The second kappa shape index (κ2) is 31.4. The van der Waals surface area contributed by atoms with Crippen molar-refractivity contribution >= 4 is 51.8 Å². The number of anilines is 6. The van der Waals surface area contributed by atoms with E-state index in [-0.39, 0.29) is 17.7 Å². The van der Waals surface area contributed by atoms with E-state index in [1.165, 1.54) is 77.0 Å². The quantitative estimate of drug-likeness (QED) is 0.0352. The predicted molar refractivity (Wildman–Crippen MR) is 301 cm³/mol. The summed E-state index contributed by atoms with van der Waals surface area (Å²) in [6.07, 6.45) is 21.6. The third kappa shape index (κ3) is 19.1. The Kier molecular flexibility index (Phi) is 23.8. The van der Waals surface area contributed by atoms with Gasteiger partial charge in [-0.1, -0.05) is 117 Å². The van der Waals surface area contributed by atoms with E-state index >= 15 is 0 Å². The van der Waals surface area contributed by atoms with E-state index in [0.717, 1.165) is 72.8 Å². The van der Waals surface area contributed by atoms with Gasteiger partial charge in [0.1, 0.15) is 17.2 Å². The number of carbonyl (C=O) groups is 3. The minimum atomic E-state index is -0.220. The molecule has 73 heavy (non-hydrogen) atoms. The largest absolute Gasteiger partial charge is 0.494 e. The molecule has 0 aliphatic carbocycles. The maximum atomic E-state index is 13.3. The van der Waals surface area contributed by atoms with Crippen LogP contribution in [-0.2, 0) is 0 Å². The van der Waals surface area contributed by atoms with Crippen LogP contribution in [0.1, 0.15) is 167 Å². The topological polar surface area (TPSA) is 118 Å². The highest BCUT2D eigenvalue weighted by atomic mass is 16.5. The first-order valence-electron chi connectivity index (χ1n) is 27.1. The van der Waals surface area contributed by atoms with Crippen LogP contribution in [0.5, 0.6) is 17.2 Å². The molecule has 10 heteroatoms. The fourth-order valence-electron chi connectivity index (χ4n) is 8.46. The summed E-state index contributed by atoms with van der Waals surface area (Å²) in [4.78, 5) is 42.1. The SMILES string of the molecule is CCCCCCCCOc1ccc(C(=O)Nc2ccc(N(c3ccc(NC(=O)c4ccc(OCCCCCCCC)cc4)cc3)c3ccc(NC(=O)c4ccc(OCCCCCCCC)cc4)cc3)cc2)cc1. The van der Waals surface area contributed by atoms with E-state index in [1.807, 2.05) is 109 Å². The molecule has 0 unspecified atom stereocenters. The lowest BCUT2D eigenvalue weighted by molar-refractivity contribution is 0.101. The average molecular weight is 987 g/mol. The number of nitrogens with one attached hydrogen (secondary N) is 3. The molecular formula is C63H78N4O6. The van der Waals surface area contributed by atoms with Gasteiger partial charge in [0.05, 0.1) is 19.8 Å². The summed E-state index contributed by atoms with van der Waals surface area (Å²) in [5, 5.41) is 9.09. The summed E-state index contributed by atoms with van der Waals surface area (Å²) >= 11 is 0. The van der Waals surface area contributed by atoms with Crippen molar-refractivity contribution in [3.05, 3.63) is 162 Å². The molecule has 0 aliphatic heterocycles. The zero-order chi connectivity index (χ0) is 51.3. The molecule has 0 bridgehead atoms. The van der Waals surface area contributed by atoms with Gasteiger partial charge < -0.3 is 35.1 Å². The van der Waals surface area contributed by atoms with Crippen LogP contribution in [0.3, 0.4) is 0 Å². The summed E-state index contributed by atoms with van der Waals surface area (Å²) in [7, 11) is 0. The number of benzene rings is 6. The molecule has 10 nitrogen and oxygen atoms in total. The van der Waals surface area contributed by atoms with Crippen LogP contribution in [0.4, 0.5) is 34.1 Å². The molecule has 0 heterocycles. The number of carbonyl (C=O) groups excluding carboxylic acids is 3. The smallest absolute Gasteiger partial charge is 0.255 e. The molecular weight excluding hydrogens is 909 g/mol. The molecule has 6 aromatic carbocycles. The number of unbranched alkanes of at least 4 members (excludes halogenated alkanes) is 15. The molecule has 6 aromatic rings. The van der Waals surface area contributed by atoms with E-state index in [0.29, 0.717) is 53.6 Å². The number of hydrogen-bond donors (Lipinski definition) is 3. The van der Waals surface area contributed by atoms with Crippen molar-refractivity contribution in [2.75, 3.05) is 40.7 Å². The van der Waals surface area contributed by atoms with Gasteiger partial charge in [-0.3, -0.25) is 14.4 Å². The summed E-state index contributed by atoms with van der Waals surface area (Å²) < 4.78 is 17.8. The number of ether oxygens (including phenoxy) is 3. The van der Waals surface area contributed by atoms with Crippen molar-refractivity contribution in [1.82, 2.24) is 0 Å². The maximum Gasteiger partial charge on any atom is 0.255 e. The highest BCUT2D eigenvalue weighted by molar-refractivity contribution is 6.06. The molecule has 0 saturated heterocycles. The number of amides is 3. The lowest BCUT2D eigenvalue weighted by Gasteiger charge is -2.26. The van der Waals surface area contributed by atoms with Crippen molar-refractivity contribution < 1.29 is 28.6 Å². The fraction of sp³-hybridized carbons (Fsp3) is 0.381. The number of nitrogens with zero attached hydrogens (tertiary/aromatic N) is 1. The van der Waals surface area contributed by atoms with Crippen molar-refractivity contribution in [3.8, 4) is 17.2 Å². The number of rotatable bonds is 33. The summed E-state index contributed by atoms with van der Waals surface area (Å²) in [6, 6.07) is 44.7. The van der Waals surface area contributed by atoms with Crippen molar-refractivity contribution in [2.24, 2.45) is 0 Å². The highest BCUT2D eigenvalue weighted by Gasteiger charge is 2.16. The van der Waals surface area contributed by atoms with Crippen LogP contribution in [-0.4, -0.2) is 37.5 Å². The molecule has 0 spiro atoms. The molecule has 386 valence electrons. The van der Waals surface area contributed by atoms with Gasteiger partial charge in [-0.15, -0.1) is 0 Å². The first kappa shape index (κ1) is 55.2. The van der Waals surface area contributed by atoms with Crippen molar-refractivity contribution in [1.29, 1.82) is 0 Å². The second-order valence-electron chi connectivity index (χ2n) is 18.8. The Morgan fingerprint density at radius 1 is 0.315 bits per heavy atom. The highest BCUT2D eigenvalue weighted by Crippen LogP contribution is 2.36. The van der Waals surface area contributed by atoms with E-state index in [1.54, 1.807) is 36.4 Å². The zero-order valence-electron chi connectivity index (χ0n) is 43.6. The standard InChI is InChI=1S/C63H78N4O6/c1-4-7-10-13-16-19-46-71-58-40-22-49(23-41-58)61(68)64-52-28-34-55(35-29-52)67(56-36-30-53(31-37-56)65-62(69)50-24-42-59(43-25-50)72-47-20-17-14-11-8-5-2)57-38-32-54(33-39-57)66-63(70)51-26-44-60(45-27-51)73-48-21-18-15-12-9-6-3/h22-45H,4-21,46-48H2,1-3H3,(H,64,68)(H,65,69)(H,66,70). The molecule has 0 radical (unpaired) electrons. The van der Waals surface area contributed by atoms with Gasteiger partial charge in [0.25, 0.3) is 17.7 Å². The Morgan fingerprint density at radius 2 is 0.548 bits per heavy atom. The van der Waals surface area contributed by atoms with Crippen molar-refractivity contribution in [3.63, 3.8) is 0 Å². The fourth-order valence-corrected chi connectivity index (χ4v) is 8.46. The Hall–Kier alpha value is -7.07. The van der Waals surface area contributed by atoms with E-state index in [9.17, 15) is 14.4 Å². The Labute approximate surface area is 435 Å². The van der Waals surface area contributed by atoms with Gasteiger partial charge in [0.15, 0.2) is 0 Å². The van der Waals surface area contributed by atoms with Crippen LogP contribution in [0.25, 0.3) is 0 Å². The van der Waals surface area contributed by atoms with Crippen LogP contribution in [0.15, 0.2) is 146 Å². The van der Waals surface area contributed by atoms with Gasteiger partial charge in [0.2, 0.25) is 0 Å². The molecule has 0 aliphatic rings. The Balaban J connectivity index is 1.09. The normalized spacial score (nSPS) is 10.9. The van der Waals surface area contributed by atoms with Gasteiger partial charge in [-0.2, -0.15) is 0 Å². The van der Waals surface area contributed by atoms with Gasteiger partial charge in [-0.25, -0.2) is 0 Å². The molecule has 0 saturated carbocycles. The van der Waals surface area contributed by atoms with Crippen LogP contribution < -0.4 is 35.1 Å². The molecule has 6 rings (SSSR count). The van der Waals surface area contributed by atoms with Crippen LogP contribution in [0.2, 0.25) is 0 Å². The van der Waals surface area contributed by atoms with Gasteiger partial charge >= 0.3 is 0 Å².